The van der Waals surface area contributed by atoms with Crippen molar-refractivity contribution in [1.29, 1.82) is 0 Å². The van der Waals surface area contributed by atoms with Crippen LogP contribution in [0.4, 0.5) is 5.82 Å². The minimum absolute atomic E-state index is 0.264. The van der Waals surface area contributed by atoms with Gasteiger partial charge in [-0.2, -0.15) is 0 Å². The lowest BCUT2D eigenvalue weighted by Crippen LogP contribution is -2.28. The van der Waals surface area contributed by atoms with E-state index >= 15 is 0 Å². The van der Waals surface area contributed by atoms with Gasteiger partial charge in [0.25, 0.3) is 5.91 Å². The Balaban J connectivity index is 1.82. The summed E-state index contributed by atoms with van der Waals surface area (Å²) in [6, 6.07) is 11.3. The first-order valence-electron chi connectivity index (χ1n) is 7.71. The number of anilines is 1. The number of rotatable bonds is 9. The van der Waals surface area contributed by atoms with Crippen molar-refractivity contribution in [2.75, 3.05) is 39.2 Å². The Morgan fingerprint density at radius 1 is 1.08 bits per heavy atom. The molecular weight excluding hydrogens is 308 g/mol. The largest absolute Gasteiger partial charge is 0.496 e. The van der Waals surface area contributed by atoms with Crippen LogP contribution in [0.2, 0.25) is 0 Å². The van der Waals surface area contributed by atoms with Crippen LogP contribution in [0.3, 0.4) is 0 Å². The number of amides is 1. The summed E-state index contributed by atoms with van der Waals surface area (Å²) in [5, 5.41) is 13.8. The zero-order valence-corrected chi connectivity index (χ0v) is 13.9. The quantitative estimate of drug-likeness (QED) is 0.678. The Morgan fingerprint density at radius 2 is 1.92 bits per heavy atom. The van der Waals surface area contributed by atoms with Crippen molar-refractivity contribution in [1.82, 2.24) is 15.5 Å². The fourth-order valence-electron chi connectivity index (χ4n) is 2.14. The van der Waals surface area contributed by atoms with E-state index in [9.17, 15) is 4.79 Å². The van der Waals surface area contributed by atoms with Crippen molar-refractivity contribution >= 4 is 11.7 Å². The molecule has 1 heterocycles. The van der Waals surface area contributed by atoms with Crippen LogP contribution in [0.25, 0.3) is 0 Å². The molecular formula is C17H22N4O3. The molecule has 24 heavy (non-hydrogen) atoms. The molecule has 0 saturated heterocycles. The van der Waals surface area contributed by atoms with E-state index in [-0.39, 0.29) is 11.6 Å². The maximum atomic E-state index is 11.8. The second kappa shape index (κ2) is 9.46. The van der Waals surface area contributed by atoms with E-state index in [1.54, 1.807) is 26.4 Å². The van der Waals surface area contributed by atoms with E-state index in [0.717, 1.165) is 17.7 Å². The van der Waals surface area contributed by atoms with Gasteiger partial charge in [0, 0.05) is 20.2 Å². The van der Waals surface area contributed by atoms with Gasteiger partial charge in [0.2, 0.25) is 0 Å². The molecule has 1 aromatic carbocycles. The van der Waals surface area contributed by atoms with Crippen molar-refractivity contribution in [2.45, 2.75) is 6.42 Å². The smallest absolute Gasteiger partial charge is 0.271 e. The average molecular weight is 330 g/mol. The highest BCUT2D eigenvalue weighted by atomic mass is 16.5. The molecule has 1 aromatic heterocycles. The Hall–Kier alpha value is -2.67. The Kier molecular flexibility index (Phi) is 6.97. The van der Waals surface area contributed by atoms with Gasteiger partial charge in [-0.05, 0) is 30.2 Å². The molecule has 0 spiro atoms. The molecule has 7 nitrogen and oxygen atoms in total. The van der Waals surface area contributed by atoms with Crippen LogP contribution in [-0.4, -0.2) is 50.0 Å². The van der Waals surface area contributed by atoms with Crippen molar-refractivity contribution in [3.8, 4) is 5.75 Å². The monoisotopic (exact) mass is 330 g/mol. The lowest BCUT2D eigenvalue weighted by atomic mass is 10.1. The summed E-state index contributed by atoms with van der Waals surface area (Å²) in [5.41, 5.74) is 1.40. The van der Waals surface area contributed by atoms with Crippen molar-refractivity contribution in [2.24, 2.45) is 0 Å². The number of ether oxygens (including phenoxy) is 2. The predicted octanol–water partition coefficient (Wildman–Crippen LogP) is 1.52. The van der Waals surface area contributed by atoms with Crippen LogP contribution in [0.5, 0.6) is 5.75 Å². The van der Waals surface area contributed by atoms with Crippen LogP contribution in [0.1, 0.15) is 16.1 Å². The van der Waals surface area contributed by atoms with E-state index in [0.29, 0.717) is 25.5 Å². The zero-order valence-electron chi connectivity index (χ0n) is 13.9. The van der Waals surface area contributed by atoms with Gasteiger partial charge in [-0.1, -0.05) is 18.2 Å². The molecule has 1 amide bonds. The number of carbonyl (C=O) groups is 1. The first-order chi connectivity index (χ1) is 11.7. The third-order valence-electron chi connectivity index (χ3n) is 3.38. The van der Waals surface area contributed by atoms with E-state index in [2.05, 4.69) is 20.8 Å². The average Bonchev–Trinajstić information content (AvgIpc) is 2.63. The molecule has 0 aliphatic carbocycles. The zero-order chi connectivity index (χ0) is 17.2. The van der Waals surface area contributed by atoms with Gasteiger partial charge >= 0.3 is 0 Å². The number of carbonyl (C=O) groups excluding carboxylic acids is 1. The lowest BCUT2D eigenvalue weighted by molar-refractivity contribution is 0.0931. The number of hydrogen-bond donors (Lipinski definition) is 2. The highest BCUT2D eigenvalue weighted by Crippen LogP contribution is 2.17. The summed E-state index contributed by atoms with van der Waals surface area (Å²) in [6.45, 7) is 1.59. The van der Waals surface area contributed by atoms with E-state index in [1.165, 1.54) is 0 Å². The van der Waals surface area contributed by atoms with Gasteiger partial charge in [0.1, 0.15) is 11.6 Å². The number of methoxy groups -OCH3 is 2. The number of aromatic nitrogens is 2. The Bertz CT molecular complexity index is 647. The molecule has 0 bridgehead atoms. The van der Waals surface area contributed by atoms with Crippen LogP contribution >= 0.6 is 0 Å². The number of para-hydroxylation sites is 1. The normalized spacial score (nSPS) is 10.2. The minimum atomic E-state index is -0.264. The van der Waals surface area contributed by atoms with Gasteiger partial charge in [-0.15, -0.1) is 10.2 Å². The van der Waals surface area contributed by atoms with Crippen LogP contribution in [0.15, 0.2) is 36.4 Å². The van der Waals surface area contributed by atoms with Crippen molar-refractivity contribution < 1.29 is 14.3 Å². The molecule has 7 heteroatoms. The SMILES string of the molecule is COCCNC(=O)c1ccc(NCCc2ccccc2OC)nn1. The van der Waals surface area contributed by atoms with Gasteiger partial charge in [-0.25, -0.2) is 0 Å². The third-order valence-corrected chi connectivity index (χ3v) is 3.38. The second-order valence-electron chi connectivity index (χ2n) is 5.04. The van der Waals surface area contributed by atoms with Crippen LogP contribution in [-0.2, 0) is 11.2 Å². The molecule has 2 N–H and O–H groups in total. The standard InChI is InChI=1S/C17H22N4O3/c1-23-12-11-19-17(22)14-7-8-16(21-20-14)18-10-9-13-5-3-4-6-15(13)24-2/h3-8H,9-12H2,1-2H3,(H,18,21)(H,19,22). The first-order valence-corrected chi connectivity index (χ1v) is 7.71. The molecule has 0 atom stereocenters. The van der Waals surface area contributed by atoms with Crippen molar-refractivity contribution in [3.05, 3.63) is 47.7 Å². The van der Waals surface area contributed by atoms with Crippen LogP contribution in [0, 0.1) is 0 Å². The van der Waals surface area contributed by atoms with Gasteiger partial charge < -0.3 is 20.1 Å². The lowest BCUT2D eigenvalue weighted by Gasteiger charge is -2.09. The molecule has 0 radical (unpaired) electrons. The summed E-state index contributed by atoms with van der Waals surface area (Å²) in [4.78, 5) is 11.8. The van der Waals surface area contributed by atoms with Gasteiger partial charge in [-0.3, -0.25) is 4.79 Å². The third kappa shape index (κ3) is 5.20. The molecule has 2 aromatic rings. The summed E-state index contributed by atoms with van der Waals surface area (Å²) < 4.78 is 10.2. The highest BCUT2D eigenvalue weighted by Gasteiger charge is 2.07. The number of hydrogen-bond acceptors (Lipinski definition) is 6. The topological polar surface area (TPSA) is 85.4 Å². The minimum Gasteiger partial charge on any atom is -0.496 e. The number of benzene rings is 1. The Morgan fingerprint density at radius 3 is 2.62 bits per heavy atom. The first kappa shape index (κ1) is 17.7. The second-order valence-corrected chi connectivity index (χ2v) is 5.04. The molecule has 0 aliphatic rings. The fraction of sp³-hybridized carbons (Fsp3) is 0.353. The van der Waals surface area contributed by atoms with Gasteiger partial charge in [0.05, 0.1) is 13.7 Å². The summed E-state index contributed by atoms with van der Waals surface area (Å²) in [6.07, 6.45) is 0.797. The Labute approximate surface area is 141 Å². The van der Waals surface area contributed by atoms with E-state index < -0.39 is 0 Å². The molecule has 0 fully saturated rings. The van der Waals surface area contributed by atoms with E-state index in [4.69, 9.17) is 9.47 Å². The maximum Gasteiger partial charge on any atom is 0.271 e. The number of nitrogens with zero attached hydrogens (tertiary/aromatic N) is 2. The number of nitrogens with one attached hydrogen (secondary N) is 2. The predicted molar refractivity (Wildman–Crippen MR) is 91.4 cm³/mol. The molecule has 0 unspecified atom stereocenters. The van der Waals surface area contributed by atoms with Crippen molar-refractivity contribution in [3.63, 3.8) is 0 Å². The maximum absolute atomic E-state index is 11.8. The van der Waals surface area contributed by atoms with Crippen LogP contribution < -0.4 is 15.4 Å². The summed E-state index contributed by atoms with van der Waals surface area (Å²) >= 11 is 0. The highest BCUT2D eigenvalue weighted by molar-refractivity contribution is 5.92. The fourth-order valence-corrected chi connectivity index (χ4v) is 2.14. The molecule has 128 valence electrons. The summed E-state index contributed by atoms with van der Waals surface area (Å²) in [7, 11) is 3.24. The van der Waals surface area contributed by atoms with E-state index in [1.807, 2.05) is 24.3 Å². The molecule has 0 saturated carbocycles. The summed E-state index contributed by atoms with van der Waals surface area (Å²) in [5.74, 6) is 1.23. The van der Waals surface area contributed by atoms with Gasteiger partial charge in [0.15, 0.2) is 5.69 Å². The molecule has 0 aliphatic heterocycles. The molecule has 2 rings (SSSR count).